The quantitative estimate of drug-likeness (QED) is 0.745. The zero-order valence-corrected chi connectivity index (χ0v) is 16.5. The highest BCUT2D eigenvalue weighted by molar-refractivity contribution is 5.78. The minimum absolute atomic E-state index is 0.105. The van der Waals surface area contributed by atoms with E-state index in [1.54, 1.807) is 19.1 Å². The van der Waals surface area contributed by atoms with E-state index in [0.29, 0.717) is 62.8 Å². The first kappa shape index (κ1) is 19.4. The van der Waals surface area contributed by atoms with Crippen LogP contribution in [0.25, 0.3) is 0 Å². The van der Waals surface area contributed by atoms with E-state index in [1.165, 1.54) is 12.1 Å². The first-order chi connectivity index (χ1) is 14.0. The van der Waals surface area contributed by atoms with Crippen molar-refractivity contribution in [3.05, 3.63) is 47.2 Å². The third-order valence-electron chi connectivity index (χ3n) is 5.44. The predicted molar refractivity (Wildman–Crippen MR) is 105 cm³/mol. The number of hydrogen-bond donors (Lipinski definition) is 0. The Bertz CT molecular complexity index is 908. The van der Waals surface area contributed by atoms with Crippen LogP contribution in [0.4, 0.5) is 10.3 Å². The Morgan fingerprint density at radius 3 is 2.59 bits per heavy atom. The molecule has 1 saturated carbocycles. The third kappa shape index (κ3) is 4.57. The number of nitrogens with zero attached hydrogens (tertiary/aromatic N) is 5. The van der Waals surface area contributed by atoms with Crippen LogP contribution in [0.5, 0.6) is 0 Å². The number of aryl methyl sites for hydroxylation is 1. The molecular weight excluding hydrogens is 373 g/mol. The van der Waals surface area contributed by atoms with Crippen LogP contribution in [-0.4, -0.2) is 59.5 Å². The maximum Gasteiger partial charge on any atom is 0.236 e. The predicted octanol–water partition coefficient (Wildman–Crippen LogP) is 2.31. The van der Waals surface area contributed by atoms with E-state index in [1.807, 2.05) is 9.80 Å². The Morgan fingerprint density at radius 1 is 1.28 bits per heavy atom. The van der Waals surface area contributed by atoms with Gasteiger partial charge in [-0.3, -0.25) is 9.69 Å². The van der Waals surface area contributed by atoms with Gasteiger partial charge in [0.1, 0.15) is 11.9 Å². The number of hydrogen-bond acceptors (Lipinski definition) is 6. The zero-order chi connectivity index (χ0) is 20.4. The van der Waals surface area contributed by atoms with E-state index < -0.39 is 0 Å². The fraction of sp³-hybridized carbons (Fsp3) is 0.476. The van der Waals surface area contributed by atoms with Crippen LogP contribution in [0.2, 0.25) is 0 Å². The number of amides is 1. The maximum absolute atomic E-state index is 13.1. The van der Waals surface area contributed by atoms with Gasteiger partial charge < -0.3 is 14.2 Å². The van der Waals surface area contributed by atoms with E-state index in [4.69, 9.17) is 4.42 Å². The van der Waals surface area contributed by atoms with Crippen LogP contribution in [0.15, 0.2) is 28.7 Å². The molecule has 4 rings (SSSR count). The fourth-order valence-corrected chi connectivity index (χ4v) is 3.71. The Hall–Kier alpha value is -2.92. The molecule has 29 heavy (non-hydrogen) atoms. The highest BCUT2D eigenvalue weighted by Gasteiger charge is 2.32. The number of oxazole rings is 1. The van der Waals surface area contributed by atoms with Gasteiger partial charge >= 0.3 is 0 Å². The second-order valence-corrected chi connectivity index (χ2v) is 7.63. The number of piperazine rings is 1. The summed E-state index contributed by atoms with van der Waals surface area (Å²) in [6.07, 6.45) is 2.20. The van der Waals surface area contributed by atoms with Crippen LogP contribution in [0, 0.1) is 24.1 Å². The lowest BCUT2D eigenvalue weighted by Gasteiger charge is -2.35. The van der Waals surface area contributed by atoms with Gasteiger partial charge in [0.05, 0.1) is 6.54 Å². The van der Waals surface area contributed by atoms with E-state index in [-0.39, 0.29) is 11.7 Å². The van der Waals surface area contributed by atoms with Crippen molar-refractivity contribution in [1.29, 1.82) is 5.26 Å². The number of anilines is 1. The molecule has 0 bridgehead atoms. The molecule has 1 saturated heterocycles. The first-order valence-electron chi connectivity index (χ1n) is 9.92. The summed E-state index contributed by atoms with van der Waals surface area (Å²) in [6.45, 7) is 5.12. The summed E-state index contributed by atoms with van der Waals surface area (Å²) >= 11 is 0. The Labute approximate surface area is 169 Å². The van der Waals surface area contributed by atoms with Gasteiger partial charge in [0.25, 0.3) is 0 Å². The second-order valence-electron chi connectivity index (χ2n) is 7.63. The smallest absolute Gasteiger partial charge is 0.236 e. The number of carbonyl (C=O) groups is 1. The molecule has 0 N–H and O–H groups in total. The monoisotopic (exact) mass is 397 g/mol. The van der Waals surface area contributed by atoms with Gasteiger partial charge in [0, 0.05) is 45.7 Å². The van der Waals surface area contributed by atoms with Crippen LogP contribution in [0.1, 0.15) is 30.0 Å². The summed E-state index contributed by atoms with van der Waals surface area (Å²) in [4.78, 5) is 23.0. The summed E-state index contributed by atoms with van der Waals surface area (Å²) in [5.41, 5.74) is 1.31. The molecule has 8 heteroatoms. The summed E-state index contributed by atoms with van der Waals surface area (Å²) in [7, 11) is 0. The van der Waals surface area contributed by atoms with Gasteiger partial charge in [-0.2, -0.15) is 5.26 Å². The number of halogens is 1. The molecule has 2 aliphatic rings. The number of carbonyl (C=O) groups excluding carboxylic acids is 1. The van der Waals surface area contributed by atoms with Crippen molar-refractivity contribution in [2.45, 2.75) is 32.4 Å². The minimum Gasteiger partial charge on any atom is -0.424 e. The fourth-order valence-electron chi connectivity index (χ4n) is 3.71. The first-order valence-corrected chi connectivity index (χ1v) is 9.92. The van der Waals surface area contributed by atoms with Crippen LogP contribution in [0.3, 0.4) is 0 Å². The molecule has 0 spiro atoms. The summed E-state index contributed by atoms with van der Waals surface area (Å²) in [5, 5.41) is 9.21. The molecule has 152 valence electrons. The maximum atomic E-state index is 13.1. The van der Waals surface area contributed by atoms with Crippen LogP contribution >= 0.6 is 0 Å². The molecule has 2 aromatic rings. The average Bonchev–Trinajstić information content (AvgIpc) is 3.51. The Morgan fingerprint density at radius 2 is 1.97 bits per heavy atom. The summed E-state index contributed by atoms with van der Waals surface area (Å²) in [6, 6.07) is 8.97. The molecule has 1 amide bonds. The molecule has 7 nitrogen and oxygen atoms in total. The second kappa shape index (κ2) is 8.21. The standard InChI is InChI=1S/C21H24FN5O2/c1-15-24-19(12-23)21(29-15)26-10-8-25(9-11-26)20(28)14-27(18-6-7-18)13-16-2-4-17(22)5-3-16/h2-5,18H,6-11,13-14H2,1H3. The van der Waals surface area contributed by atoms with E-state index in [9.17, 15) is 14.4 Å². The molecule has 1 aromatic heterocycles. The van der Waals surface area contributed by atoms with Crippen molar-refractivity contribution < 1.29 is 13.6 Å². The van der Waals surface area contributed by atoms with E-state index in [0.717, 1.165) is 18.4 Å². The SMILES string of the molecule is Cc1nc(C#N)c(N2CCN(C(=O)CN(Cc3ccc(F)cc3)C3CC3)CC2)o1. The van der Waals surface area contributed by atoms with Gasteiger partial charge in [0.2, 0.25) is 17.5 Å². The van der Waals surface area contributed by atoms with Crippen molar-refractivity contribution in [3.8, 4) is 6.07 Å². The Balaban J connectivity index is 1.34. The largest absolute Gasteiger partial charge is 0.424 e. The lowest BCUT2D eigenvalue weighted by atomic mass is 10.2. The lowest BCUT2D eigenvalue weighted by Crippen LogP contribution is -2.51. The topological polar surface area (TPSA) is 76.6 Å². The normalized spacial score (nSPS) is 16.9. The Kier molecular flexibility index (Phi) is 5.49. The zero-order valence-electron chi connectivity index (χ0n) is 16.5. The molecule has 0 atom stereocenters. The van der Waals surface area contributed by atoms with E-state index in [2.05, 4.69) is 16.0 Å². The van der Waals surface area contributed by atoms with Gasteiger partial charge in [-0.1, -0.05) is 12.1 Å². The minimum atomic E-state index is -0.248. The molecule has 1 aliphatic carbocycles. The highest BCUT2D eigenvalue weighted by Crippen LogP contribution is 2.28. The van der Waals surface area contributed by atoms with Crippen molar-refractivity contribution >= 4 is 11.8 Å². The molecule has 0 radical (unpaired) electrons. The van der Waals surface area contributed by atoms with Gasteiger partial charge in [0.15, 0.2) is 5.89 Å². The van der Waals surface area contributed by atoms with E-state index >= 15 is 0 Å². The van der Waals surface area contributed by atoms with Crippen molar-refractivity contribution in [3.63, 3.8) is 0 Å². The van der Waals surface area contributed by atoms with Crippen LogP contribution in [-0.2, 0) is 11.3 Å². The van der Waals surface area contributed by atoms with Gasteiger partial charge in [-0.05, 0) is 30.5 Å². The number of rotatable bonds is 6. The number of benzene rings is 1. The molecule has 2 heterocycles. The van der Waals surface area contributed by atoms with Crippen molar-refractivity contribution in [1.82, 2.24) is 14.8 Å². The molecule has 1 aliphatic heterocycles. The van der Waals surface area contributed by atoms with Crippen LogP contribution < -0.4 is 4.90 Å². The average molecular weight is 397 g/mol. The molecule has 1 aromatic carbocycles. The number of aromatic nitrogens is 1. The van der Waals surface area contributed by atoms with Gasteiger partial charge in [-0.15, -0.1) is 0 Å². The van der Waals surface area contributed by atoms with Gasteiger partial charge in [-0.25, -0.2) is 9.37 Å². The van der Waals surface area contributed by atoms with Crippen molar-refractivity contribution in [2.24, 2.45) is 0 Å². The highest BCUT2D eigenvalue weighted by atomic mass is 19.1. The molecule has 0 unspecified atom stereocenters. The lowest BCUT2D eigenvalue weighted by molar-refractivity contribution is -0.133. The molecular formula is C21H24FN5O2. The third-order valence-corrected chi connectivity index (χ3v) is 5.44. The summed E-state index contributed by atoms with van der Waals surface area (Å²) in [5.74, 6) is 0.819. The summed E-state index contributed by atoms with van der Waals surface area (Å²) < 4.78 is 18.7. The molecule has 2 fully saturated rings. The number of nitriles is 1. The van der Waals surface area contributed by atoms with Crippen molar-refractivity contribution in [2.75, 3.05) is 37.6 Å².